The number of pyridine rings is 1. The Morgan fingerprint density at radius 3 is 2.85 bits per heavy atom. The Morgan fingerprint density at radius 1 is 1.38 bits per heavy atom. The van der Waals surface area contributed by atoms with Crippen molar-refractivity contribution in [1.82, 2.24) is 14.8 Å². The first-order valence-electron chi connectivity index (χ1n) is 9.12. The number of carboxylic acids is 1. The molecule has 1 aromatic rings. The van der Waals surface area contributed by atoms with Crippen molar-refractivity contribution in [3.05, 3.63) is 30.1 Å². The van der Waals surface area contributed by atoms with Crippen molar-refractivity contribution in [3.8, 4) is 0 Å². The van der Waals surface area contributed by atoms with Crippen LogP contribution in [0, 0.1) is 17.3 Å². The van der Waals surface area contributed by atoms with Crippen LogP contribution in [0.15, 0.2) is 24.5 Å². The average Bonchev–Trinajstić information content (AvgIpc) is 3.27. The summed E-state index contributed by atoms with van der Waals surface area (Å²) in [5, 5.41) is 9.74. The molecule has 26 heavy (non-hydrogen) atoms. The van der Waals surface area contributed by atoms with E-state index in [-0.39, 0.29) is 36.7 Å². The summed E-state index contributed by atoms with van der Waals surface area (Å²) < 4.78 is 0. The summed E-state index contributed by atoms with van der Waals surface area (Å²) in [6.45, 7) is 0.749. The van der Waals surface area contributed by atoms with Gasteiger partial charge >= 0.3 is 5.97 Å². The molecule has 0 aromatic carbocycles. The molecule has 4 rings (SSSR count). The minimum absolute atomic E-state index is 0.0237. The van der Waals surface area contributed by atoms with Crippen LogP contribution in [0.5, 0.6) is 0 Å². The summed E-state index contributed by atoms with van der Waals surface area (Å²) in [6.07, 6.45) is 5.91. The number of hydrogen-bond acceptors (Lipinski definition) is 4. The van der Waals surface area contributed by atoms with Gasteiger partial charge in [-0.25, -0.2) is 0 Å². The second-order valence-corrected chi connectivity index (χ2v) is 7.82. The molecule has 1 aliphatic carbocycles. The quantitative estimate of drug-likeness (QED) is 0.881. The fourth-order valence-electron chi connectivity index (χ4n) is 5.14. The number of aliphatic carboxylic acids is 1. The maximum absolute atomic E-state index is 13.3. The molecule has 2 saturated heterocycles. The first-order chi connectivity index (χ1) is 12.4. The molecule has 2 unspecified atom stereocenters. The fourth-order valence-corrected chi connectivity index (χ4v) is 5.14. The Bertz CT molecular complexity index is 752. The van der Waals surface area contributed by atoms with Crippen molar-refractivity contribution in [1.29, 1.82) is 0 Å². The lowest BCUT2D eigenvalue weighted by atomic mass is 9.81. The van der Waals surface area contributed by atoms with E-state index in [1.54, 1.807) is 35.3 Å². The first-order valence-corrected chi connectivity index (χ1v) is 9.12. The zero-order valence-corrected chi connectivity index (χ0v) is 14.8. The van der Waals surface area contributed by atoms with Crippen LogP contribution in [0.4, 0.5) is 0 Å². The smallest absolute Gasteiger partial charge is 0.311 e. The number of nitrogens with zero attached hydrogens (tertiary/aromatic N) is 3. The highest BCUT2D eigenvalue weighted by Gasteiger charge is 2.57. The molecule has 2 amide bonds. The van der Waals surface area contributed by atoms with Gasteiger partial charge in [0.25, 0.3) is 0 Å². The number of likely N-dealkylation sites (tertiary alicyclic amines) is 2. The summed E-state index contributed by atoms with van der Waals surface area (Å²) >= 11 is 0. The average molecular weight is 357 g/mol. The summed E-state index contributed by atoms with van der Waals surface area (Å²) in [6, 6.07) is 3.34. The highest BCUT2D eigenvalue weighted by atomic mass is 16.4. The number of hydrogen-bond donors (Lipinski definition) is 1. The predicted octanol–water partition coefficient (Wildman–Crippen LogP) is 1.31. The van der Waals surface area contributed by atoms with Crippen molar-refractivity contribution in [2.24, 2.45) is 17.3 Å². The lowest BCUT2D eigenvalue weighted by Crippen LogP contribution is -2.40. The van der Waals surface area contributed by atoms with E-state index in [2.05, 4.69) is 4.98 Å². The number of carboxylic acid groups (broad SMARTS) is 1. The van der Waals surface area contributed by atoms with Crippen LogP contribution < -0.4 is 0 Å². The molecule has 0 bridgehead atoms. The number of rotatable bonds is 3. The van der Waals surface area contributed by atoms with Crippen LogP contribution in [0.1, 0.15) is 37.3 Å². The van der Waals surface area contributed by atoms with Crippen LogP contribution in [0.25, 0.3) is 0 Å². The van der Waals surface area contributed by atoms with Gasteiger partial charge in [0.15, 0.2) is 0 Å². The topological polar surface area (TPSA) is 90.8 Å². The van der Waals surface area contributed by atoms with Crippen molar-refractivity contribution in [2.45, 2.75) is 31.7 Å². The molecule has 3 heterocycles. The molecule has 1 N–H and O–H groups in total. The lowest BCUT2D eigenvalue weighted by Gasteiger charge is -2.28. The van der Waals surface area contributed by atoms with Crippen LogP contribution in [0.2, 0.25) is 0 Å². The van der Waals surface area contributed by atoms with Gasteiger partial charge in [0, 0.05) is 39.0 Å². The number of aromatic nitrogens is 1. The van der Waals surface area contributed by atoms with Gasteiger partial charge in [-0.2, -0.15) is 0 Å². The first kappa shape index (κ1) is 17.0. The van der Waals surface area contributed by atoms with Crippen molar-refractivity contribution in [3.63, 3.8) is 0 Å². The summed E-state index contributed by atoms with van der Waals surface area (Å²) in [4.78, 5) is 44.9. The molecule has 2 aliphatic heterocycles. The number of fused-ring (bicyclic) bond motifs is 1. The molecule has 7 heteroatoms. The molecule has 0 radical (unpaired) electrons. The SMILES string of the molecule is CN1C(=O)CC(C(=O)N2C[C@@H]3CCC[C@@]3(C(=O)O)C2)C1c1cccnc1. The molecule has 1 aromatic heterocycles. The highest BCUT2D eigenvalue weighted by molar-refractivity contribution is 5.91. The van der Waals surface area contributed by atoms with E-state index in [1.807, 2.05) is 6.07 Å². The van der Waals surface area contributed by atoms with Crippen LogP contribution in [-0.4, -0.2) is 57.8 Å². The molecule has 1 saturated carbocycles. The van der Waals surface area contributed by atoms with Crippen molar-refractivity contribution < 1.29 is 19.5 Å². The van der Waals surface area contributed by atoms with Crippen LogP contribution in [-0.2, 0) is 14.4 Å². The normalized spacial score (nSPS) is 33.6. The monoisotopic (exact) mass is 357 g/mol. The van der Waals surface area contributed by atoms with E-state index < -0.39 is 17.3 Å². The third-order valence-corrected chi connectivity index (χ3v) is 6.54. The molecule has 7 nitrogen and oxygen atoms in total. The second kappa shape index (κ2) is 6.07. The third-order valence-electron chi connectivity index (χ3n) is 6.54. The number of carbonyl (C=O) groups excluding carboxylic acids is 2. The van der Waals surface area contributed by atoms with Crippen LogP contribution in [0.3, 0.4) is 0 Å². The van der Waals surface area contributed by atoms with Gasteiger partial charge < -0.3 is 14.9 Å². The van der Waals surface area contributed by atoms with E-state index in [0.29, 0.717) is 13.0 Å². The second-order valence-electron chi connectivity index (χ2n) is 7.82. The van der Waals surface area contributed by atoms with E-state index in [1.165, 1.54) is 0 Å². The molecule has 138 valence electrons. The Hall–Kier alpha value is -2.44. The minimum Gasteiger partial charge on any atom is -0.481 e. The van der Waals surface area contributed by atoms with Gasteiger partial charge in [0.05, 0.1) is 17.4 Å². The van der Waals surface area contributed by atoms with Crippen molar-refractivity contribution >= 4 is 17.8 Å². The van der Waals surface area contributed by atoms with E-state index in [0.717, 1.165) is 18.4 Å². The molecule has 3 aliphatic rings. The lowest BCUT2D eigenvalue weighted by molar-refractivity contribution is -0.150. The Morgan fingerprint density at radius 2 is 2.19 bits per heavy atom. The van der Waals surface area contributed by atoms with Crippen molar-refractivity contribution in [2.75, 3.05) is 20.1 Å². The minimum atomic E-state index is -0.798. The Labute approximate surface area is 152 Å². The maximum Gasteiger partial charge on any atom is 0.311 e. The third kappa shape index (κ3) is 2.40. The van der Waals surface area contributed by atoms with Gasteiger partial charge in [-0.1, -0.05) is 12.5 Å². The summed E-state index contributed by atoms with van der Waals surface area (Å²) in [5.41, 5.74) is 0.0417. The zero-order chi connectivity index (χ0) is 18.5. The zero-order valence-electron chi connectivity index (χ0n) is 14.8. The largest absolute Gasteiger partial charge is 0.481 e. The molecular weight excluding hydrogens is 334 g/mol. The number of amides is 2. The standard InChI is InChI=1S/C19H23N3O4/c1-21-15(23)8-14(16(21)12-4-3-7-20-9-12)17(24)22-10-13-5-2-6-19(13,11-22)18(25)26/h3-4,7,9,13-14,16H,2,5-6,8,10-11H2,1H3,(H,25,26)/t13-,14?,16?,19+/m0/s1. The van der Waals surface area contributed by atoms with E-state index >= 15 is 0 Å². The molecular formula is C19H23N3O4. The summed E-state index contributed by atoms with van der Waals surface area (Å²) in [5.74, 6) is -1.42. The van der Waals surface area contributed by atoms with Gasteiger partial charge in [0.1, 0.15) is 0 Å². The van der Waals surface area contributed by atoms with Gasteiger partial charge in [-0.3, -0.25) is 19.4 Å². The predicted molar refractivity (Wildman–Crippen MR) is 91.8 cm³/mol. The fraction of sp³-hybridized carbons (Fsp3) is 0.579. The van der Waals surface area contributed by atoms with Gasteiger partial charge in [0.2, 0.25) is 11.8 Å². The Balaban J connectivity index is 1.60. The summed E-state index contributed by atoms with van der Waals surface area (Å²) in [7, 11) is 1.71. The van der Waals surface area contributed by atoms with E-state index in [4.69, 9.17) is 0 Å². The molecule has 0 spiro atoms. The van der Waals surface area contributed by atoms with Crippen LogP contribution >= 0.6 is 0 Å². The van der Waals surface area contributed by atoms with Gasteiger partial charge in [-0.15, -0.1) is 0 Å². The highest BCUT2D eigenvalue weighted by Crippen LogP contribution is 2.50. The maximum atomic E-state index is 13.3. The Kier molecular flexibility index (Phi) is 3.97. The van der Waals surface area contributed by atoms with Gasteiger partial charge in [-0.05, 0) is 30.4 Å². The molecule has 4 atom stereocenters. The molecule has 3 fully saturated rings. The van der Waals surface area contributed by atoms with E-state index in [9.17, 15) is 19.5 Å². The number of carbonyl (C=O) groups is 3.